The van der Waals surface area contributed by atoms with E-state index in [0.717, 1.165) is 12.8 Å². The van der Waals surface area contributed by atoms with Gasteiger partial charge in [-0.2, -0.15) is 5.10 Å². The zero-order chi connectivity index (χ0) is 12.4. The minimum atomic E-state index is -0.206. The summed E-state index contributed by atoms with van der Waals surface area (Å²) in [4.78, 5) is 11.9. The van der Waals surface area contributed by atoms with E-state index in [1.54, 1.807) is 13.2 Å². The van der Waals surface area contributed by atoms with Crippen molar-refractivity contribution in [1.82, 2.24) is 15.1 Å². The molecule has 2 atom stereocenters. The van der Waals surface area contributed by atoms with Gasteiger partial charge in [-0.3, -0.25) is 9.48 Å². The molecular formula is C11H18N4O2. The first-order chi connectivity index (χ1) is 8.06. The van der Waals surface area contributed by atoms with Crippen LogP contribution in [-0.4, -0.2) is 34.4 Å². The second-order valence-electron chi connectivity index (χ2n) is 4.48. The van der Waals surface area contributed by atoms with Gasteiger partial charge < -0.3 is 15.8 Å². The van der Waals surface area contributed by atoms with Gasteiger partial charge in [0.05, 0.1) is 11.8 Å². The van der Waals surface area contributed by atoms with E-state index in [2.05, 4.69) is 10.4 Å². The summed E-state index contributed by atoms with van der Waals surface area (Å²) in [6.45, 7) is 2.69. The lowest BCUT2D eigenvalue weighted by Crippen LogP contribution is -2.41. The number of nitrogens with zero attached hydrogens (tertiary/aromatic N) is 2. The first kappa shape index (κ1) is 11.9. The van der Waals surface area contributed by atoms with Crippen molar-refractivity contribution in [1.29, 1.82) is 0 Å². The maximum Gasteiger partial charge on any atom is 0.274 e. The molecule has 0 saturated carbocycles. The number of aryl methyl sites for hydroxylation is 1. The molecule has 1 amide bonds. The van der Waals surface area contributed by atoms with E-state index in [1.807, 2.05) is 6.92 Å². The predicted molar refractivity (Wildman–Crippen MR) is 63.5 cm³/mol. The van der Waals surface area contributed by atoms with Gasteiger partial charge in [0.15, 0.2) is 5.69 Å². The standard InChI is InChI=1S/C11H18N4O2/c1-7-5-8(3-4-17-7)13-11(16)10-9(12)6-15(2)14-10/h6-8H,3-5,12H2,1-2H3,(H,13,16). The van der Waals surface area contributed by atoms with E-state index in [9.17, 15) is 4.79 Å². The molecule has 1 saturated heterocycles. The summed E-state index contributed by atoms with van der Waals surface area (Å²) in [5.41, 5.74) is 6.41. The average molecular weight is 238 g/mol. The summed E-state index contributed by atoms with van der Waals surface area (Å²) in [5.74, 6) is -0.206. The molecule has 6 nitrogen and oxygen atoms in total. The molecule has 94 valence electrons. The molecule has 3 N–H and O–H groups in total. The third-order valence-electron chi connectivity index (χ3n) is 2.89. The molecule has 1 fully saturated rings. The minimum absolute atomic E-state index is 0.146. The van der Waals surface area contributed by atoms with Crippen LogP contribution in [0.25, 0.3) is 0 Å². The number of aromatic nitrogens is 2. The second kappa shape index (κ2) is 4.75. The van der Waals surface area contributed by atoms with Gasteiger partial charge in [-0.1, -0.05) is 0 Å². The summed E-state index contributed by atoms with van der Waals surface area (Å²) >= 11 is 0. The van der Waals surface area contributed by atoms with Crippen molar-refractivity contribution in [3.8, 4) is 0 Å². The maximum atomic E-state index is 11.9. The zero-order valence-electron chi connectivity index (χ0n) is 10.1. The lowest BCUT2D eigenvalue weighted by atomic mass is 10.0. The number of amides is 1. The lowest BCUT2D eigenvalue weighted by molar-refractivity contribution is 0.0136. The number of rotatable bonds is 2. The van der Waals surface area contributed by atoms with E-state index in [0.29, 0.717) is 18.0 Å². The minimum Gasteiger partial charge on any atom is -0.396 e. The Hall–Kier alpha value is -1.56. The first-order valence-electron chi connectivity index (χ1n) is 5.78. The fourth-order valence-corrected chi connectivity index (χ4v) is 2.07. The average Bonchev–Trinajstić information content (AvgIpc) is 2.58. The van der Waals surface area contributed by atoms with Crippen molar-refractivity contribution in [2.24, 2.45) is 7.05 Å². The van der Waals surface area contributed by atoms with Crippen molar-refractivity contribution in [3.63, 3.8) is 0 Å². The zero-order valence-corrected chi connectivity index (χ0v) is 10.1. The van der Waals surface area contributed by atoms with E-state index >= 15 is 0 Å². The highest BCUT2D eigenvalue weighted by Gasteiger charge is 2.23. The molecule has 6 heteroatoms. The number of nitrogens with one attached hydrogen (secondary N) is 1. The molecule has 1 aromatic heterocycles. The Labute approximate surface area is 100 Å². The molecule has 0 spiro atoms. The maximum absolute atomic E-state index is 11.9. The predicted octanol–water partition coefficient (Wildman–Crippen LogP) is 0.300. The SMILES string of the molecule is CC1CC(NC(=O)c2nn(C)cc2N)CCO1. The van der Waals surface area contributed by atoms with Crippen LogP contribution in [-0.2, 0) is 11.8 Å². The molecule has 2 rings (SSSR count). The topological polar surface area (TPSA) is 82.2 Å². The normalized spacial score (nSPS) is 24.6. The monoisotopic (exact) mass is 238 g/mol. The smallest absolute Gasteiger partial charge is 0.274 e. The van der Waals surface area contributed by atoms with Crippen molar-refractivity contribution < 1.29 is 9.53 Å². The van der Waals surface area contributed by atoms with Gasteiger partial charge in [0.2, 0.25) is 0 Å². The Morgan fingerprint density at radius 2 is 2.47 bits per heavy atom. The number of carbonyl (C=O) groups is 1. The van der Waals surface area contributed by atoms with Crippen LogP contribution in [0.2, 0.25) is 0 Å². The summed E-state index contributed by atoms with van der Waals surface area (Å²) in [5, 5.41) is 6.99. The second-order valence-corrected chi connectivity index (χ2v) is 4.48. The van der Waals surface area contributed by atoms with Crippen LogP contribution in [0.4, 0.5) is 5.69 Å². The Kier molecular flexibility index (Phi) is 3.33. The van der Waals surface area contributed by atoms with Gasteiger partial charge in [0.1, 0.15) is 0 Å². The largest absolute Gasteiger partial charge is 0.396 e. The van der Waals surface area contributed by atoms with Gasteiger partial charge in [-0.05, 0) is 19.8 Å². The Balaban J connectivity index is 1.99. The van der Waals surface area contributed by atoms with Crippen LogP contribution < -0.4 is 11.1 Å². The molecule has 0 aromatic carbocycles. The number of hydrogen-bond acceptors (Lipinski definition) is 4. The number of ether oxygens (including phenoxy) is 1. The summed E-state index contributed by atoms with van der Waals surface area (Å²) in [7, 11) is 1.74. The van der Waals surface area contributed by atoms with Crippen molar-refractivity contribution in [2.75, 3.05) is 12.3 Å². The Morgan fingerprint density at radius 3 is 3.06 bits per heavy atom. The molecule has 17 heavy (non-hydrogen) atoms. The van der Waals surface area contributed by atoms with Crippen LogP contribution >= 0.6 is 0 Å². The van der Waals surface area contributed by atoms with Crippen molar-refractivity contribution in [2.45, 2.75) is 31.9 Å². The number of hydrogen-bond donors (Lipinski definition) is 2. The van der Waals surface area contributed by atoms with Crippen LogP contribution in [0.5, 0.6) is 0 Å². The van der Waals surface area contributed by atoms with Crippen molar-refractivity contribution in [3.05, 3.63) is 11.9 Å². The van der Waals surface area contributed by atoms with Gasteiger partial charge in [0.25, 0.3) is 5.91 Å². The highest BCUT2D eigenvalue weighted by Crippen LogP contribution is 2.15. The molecule has 0 bridgehead atoms. The van der Waals surface area contributed by atoms with E-state index in [-0.39, 0.29) is 18.1 Å². The molecular weight excluding hydrogens is 220 g/mol. The molecule has 1 aliphatic heterocycles. The molecule has 0 radical (unpaired) electrons. The summed E-state index contributed by atoms with van der Waals surface area (Å²) in [6, 6.07) is 0.146. The molecule has 1 aliphatic rings. The van der Waals surface area contributed by atoms with Gasteiger partial charge in [-0.25, -0.2) is 0 Å². The van der Waals surface area contributed by atoms with E-state index in [4.69, 9.17) is 10.5 Å². The number of anilines is 1. The molecule has 0 aliphatic carbocycles. The van der Waals surface area contributed by atoms with Gasteiger partial charge >= 0.3 is 0 Å². The van der Waals surface area contributed by atoms with E-state index < -0.39 is 0 Å². The van der Waals surface area contributed by atoms with E-state index in [1.165, 1.54) is 4.68 Å². The molecule has 1 aromatic rings. The van der Waals surface area contributed by atoms with Crippen LogP contribution in [0.15, 0.2) is 6.20 Å². The number of carbonyl (C=O) groups excluding carboxylic acids is 1. The quantitative estimate of drug-likeness (QED) is 0.776. The first-order valence-corrected chi connectivity index (χ1v) is 5.78. The molecule has 2 unspecified atom stereocenters. The third-order valence-corrected chi connectivity index (χ3v) is 2.89. The van der Waals surface area contributed by atoms with Crippen LogP contribution in [0.3, 0.4) is 0 Å². The third kappa shape index (κ3) is 2.76. The van der Waals surface area contributed by atoms with Crippen LogP contribution in [0, 0.1) is 0 Å². The lowest BCUT2D eigenvalue weighted by Gasteiger charge is -2.27. The summed E-state index contributed by atoms with van der Waals surface area (Å²) < 4.78 is 6.97. The van der Waals surface area contributed by atoms with Gasteiger partial charge in [0, 0.05) is 25.9 Å². The summed E-state index contributed by atoms with van der Waals surface area (Å²) in [6.07, 6.45) is 3.48. The highest BCUT2D eigenvalue weighted by atomic mass is 16.5. The number of nitrogens with two attached hydrogens (primary N) is 1. The fraction of sp³-hybridized carbons (Fsp3) is 0.636. The number of nitrogen functional groups attached to an aromatic ring is 1. The fourth-order valence-electron chi connectivity index (χ4n) is 2.07. The van der Waals surface area contributed by atoms with Crippen LogP contribution in [0.1, 0.15) is 30.3 Å². The Bertz CT molecular complexity index is 416. The Morgan fingerprint density at radius 1 is 1.71 bits per heavy atom. The van der Waals surface area contributed by atoms with Gasteiger partial charge in [-0.15, -0.1) is 0 Å². The van der Waals surface area contributed by atoms with Crippen molar-refractivity contribution >= 4 is 11.6 Å². The highest BCUT2D eigenvalue weighted by molar-refractivity contribution is 5.97. The molecule has 2 heterocycles.